The molecule has 180 valence electrons. The molecule has 2 saturated heterocycles. The quantitative estimate of drug-likeness (QED) is 0.715. The van der Waals surface area contributed by atoms with Gasteiger partial charge in [0.05, 0.1) is 17.4 Å². The highest BCUT2D eigenvalue weighted by atomic mass is 16.7. The largest absolute Gasteiger partial charge is 0.492 e. The maximum absolute atomic E-state index is 12.5. The van der Waals surface area contributed by atoms with Crippen molar-refractivity contribution in [2.75, 3.05) is 26.2 Å². The van der Waals surface area contributed by atoms with E-state index in [1.54, 1.807) is 4.90 Å². The molecule has 1 saturated carbocycles. The lowest BCUT2D eigenvalue weighted by Crippen LogP contribution is -2.37. The molecule has 33 heavy (non-hydrogen) atoms. The van der Waals surface area contributed by atoms with Crippen LogP contribution < -0.4 is 4.84 Å². The average Bonchev–Trinajstić information content (AvgIpc) is 3.54. The molecule has 0 radical (unpaired) electrons. The van der Waals surface area contributed by atoms with Gasteiger partial charge < -0.3 is 20.0 Å². The number of nitrogens with zero attached hydrogens (tertiary/aromatic N) is 5. The molecule has 0 spiro atoms. The summed E-state index contributed by atoms with van der Waals surface area (Å²) in [6.45, 7) is 8.46. The molecule has 5 rings (SSSR count). The number of amides is 1. The number of hydrogen-bond donors (Lipinski definition) is 2. The summed E-state index contributed by atoms with van der Waals surface area (Å²) in [5, 5.41) is 24.4. The molecule has 4 heterocycles. The molecule has 0 bridgehead atoms. The molecule has 9 nitrogen and oxygen atoms in total. The van der Waals surface area contributed by atoms with Gasteiger partial charge in [0.25, 0.3) is 0 Å². The highest BCUT2D eigenvalue weighted by molar-refractivity contribution is 5.68. The van der Waals surface area contributed by atoms with E-state index in [4.69, 9.17) is 9.94 Å². The fraction of sp³-hybridized carbons (Fsp3) is 0.667. The molecule has 2 aromatic heterocycles. The second kappa shape index (κ2) is 8.93. The Kier molecular flexibility index (Phi) is 5.99. The lowest BCUT2D eigenvalue weighted by molar-refractivity contribution is 0.0773. The first-order chi connectivity index (χ1) is 15.9. The fourth-order valence-corrected chi connectivity index (χ4v) is 5.73. The summed E-state index contributed by atoms with van der Waals surface area (Å²) in [6.07, 6.45) is 5.82. The van der Waals surface area contributed by atoms with E-state index in [9.17, 15) is 15.0 Å². The maximum atomic E-state index is 12.5. The van der Waals surface area contributed by atoms with Crippen LogP contribution in [0, 0.1) is 11.8 Å². The van der Waals surface area contributed by atoms with Gasteiger partial charge in [-0.25, -0.2) is 4.79 Å². The lowest BCUT2D eigenvalue weighted by Gasteiger charge is -2.26. The van der Waals surface area contributed by atoms with Gasteiger partial charge >= 0.3 is 6.09 Å². The van der Waals surface area contributed by atoms with Gasteiger partial charge in [-0.1, -0.05) is 33.1 Å². The zero-order valence-corrected chi connectivity index (χ0v) is 19.6. The standard InChI is InChI=1S/C24H35N5O4/c1-16(2)21-10-20(28(25-21)19-6-4-3-5-7-19)15-26-11-17-13-27(14-18(17)12-26)24(32)33-29-22(30)8-9-23(29)31/h8-10,16-19,30-31H,3-7,11-15H2,1-2H3. The molecule has 1 aliphatic carbocycles. The predicted octanol–water partition coefficient (Wildman–Crippen LogP) is 3.34. The third kappa shape index (κ3) is 4.43. The Morgan fingerprint density at radius 1 is 1.06 bits per heavy atom. The Morgan fingerprint density at radius 2 is 1.70 bits per heavy atom. The van der Waals surface area contributed by atoms with Crippen molar-refractivity contribution < 1.29 is 19.8 Å². The number of fused-ring (bicyclic) bond motifs is 1. The molecular weight excluding hydrogens is 422 g/mol. The van der Waals surface area contributed by atoms with Gasteiger partial charge in [-0.05, 0) is 36.7 Å². The van der Waals surface area contributed by atoms with Crippen LogP contribution in [-0.2, 0) is 6.54 Å². The Balaban J connectivity index is 1.21. The van der Waals surface area contributed by atoms with Crippen LogP contribution in [0.25, 0.3) is 0 Å². The highest BCUT2D eigenvalue weighted by Gasteiger charge is 2.42. The average molecular weight is 458 g/mol. The van der Waals surface area contributed by atoms with E-state index in [-0.39, 0.29) is 11.8 Å². The van der Waals surface area contributed by atoms with Crippen LogP contribution >= 0.6 is 0 Å². The molecular formula is C24H35N5O4. The smallest absolute Gasteiger partial charge is 0.434 e. The second-order valence-corrected chi connectivity index (χ2v) is 10.3. The van der Waals surface area contributed by atoms with Crippen LogP contribution in [0.15, 0.2) is 18.2 Å². The van der Waals surface area contributed by atoms with Crippen molar-refractivity contribution in [3.05, 3.63) is 29.6 Å². The van der Waals surface area contributed by atoms with Crippen molar-refractivity contribution in [1.29, 1.82) is 0 Å². The first kappa shape index (κ1) is 22.1. The summed E-state index contributed by atoms with van der Waals surface area (Å²) >= 11 is 0. The van der Waals surface area contributed by atoms with Gasteiger partial charge in [-0.3, -0.25) is 9.58 Å². The van der Waals surface area contributed by atoms with Crippen molar-refractivity contribution in [3.8, 4) is 11.8 Å². The summed E-state index contributed by atoms with van der Waals surface area (Å²) in [7, 11) is 0. The zero-order chi connectivity index (χ0) is 23.1. The molecule has 3 fully saturated rings. The second-order valence-electron chi connectivity index (χ2n) is 10.3. The molecule has 2 aromatic rings. The van der Waals surface area contributed by atoms with Crippen molar-refractivity contribution in [1.82, 2.24) is 24.3 Å². The van der Waals surface area contributed by atoms with Crippen molar-refractivity contribution in [3.63, 3.8) is 0 Å². The monoisotopic (exact) mass is 457 g/mol. The van der Waals surface area contributed by atoms with Gasteiger partial charge in [0, 0.05) is 44.9 Å². The summed E-state index contributed by atoms with van der Waals surface area (Å²) in [5.41, 5.74) is 2.50. The van der Waals surface area contributed by atoms with E-state index in [1.165, 1.54) is 55.6 Å². The SMILES string of the molecule is CC(C)c1cc(CN2CC3CN(C(=O)On4c(O)ccc4O)CC3C2)n(C2CCCCC2)n1. The number of carbonyl (C=O) groups excluding carboxylic acids is 1. The number of hydrogen-bond acceptors (Lipinski definition) is 6. The van der Waals surface area contributed by atoms with Crippen molar-refractivity contribution in [2.45, 2.75) is 64.5 Å². The van der Waals surface area contributed by atoms with Crippen LogP contribution in [0.3, 0.4) is 0 Å². The number of carbonyl (C=O) groups is 1. The normalized spacial score (nSPS) is 24.0. The summed E-state index contributed by atoms with van der Waals surface area (Å²) < 4.78 is 3.07. The van der Waals surface area contributed by atoms with Gasteiger partial charge in [-0.15, -0.1) is 4.73 Å². The molecule has 3 aliphatic rings. The Morgan fingerprint density at radius 3 is 2.30 bits per heavy atom. The molecule has 2 aliphatic heterocycles. The Bertz CT molecular complexity index is 960. The minimum Gasteiger partial charge on any atom is -0.492 e. The minimum atomic E-state index is -0.547. The van der Waals surface area contributed by atoms with Crippen molar-refractivity contribution in [2.24, 2.45) is 11.8 Å². The van der Waals surface area contributed by atoms with E-state index < -0.39 is 6.09 Å². The number of rotatable bonds is 5. The van der Waals surface area contributed by atoms with E-state index >= 15 is 0 Å². The van der Waals surface area contributed by atoms with Gasteiger partial charge in [0.2, 0.25) is 11.8 Å². The zero-order valence-electron chi connectivity index (χ0n) is 19.6. The third-order valence-electron chi connectivity index (χ3n) is 7.52. The topological polar surface area (TPSA) is 96.0 Å². The van der Waals surface area contributed by atoms with Gasteiger partial charge in [0.1, 0.15) is 0 Å². The van der Waals surface area contributed by atoms with E-state index in [0.29, 0.717) is 36.9 Å². The van der Waals surface area contributed by atoms with E-state index in [2.05, 4.69) is 29.5 Å². The van der Waals surface area contributed by atoms with Crippen LogP contribution in [0.4, 0.5) is 4.79 Å². The van der Waals surface area contributed by atoms with Crippen LogP contribution in [0.2, 0.25) is 0 Å². The summed E-state index contributed by atoms with van der Waals surface area (Å²) in [6, 6.07) is 5.38. The van der Waals surface area contributed by atoms with Crippen LogP contribution in [0.5, 0.6) is 11.8 Å². The van der Waals surface area contributed by atoms with Crippen molar-refractivity contribution >= 4 is 6.09 Å². The molecule has 1 amide bonds. The van der Waals surface area contributed by atoms with Gasteiger partial charge in [0.15, 0.2) is 0 Å². The van der Waals surface area contributed by atoms with Crippen LogP contribution in [-0.4, -0.2) is 66.8 Å². The predicted molar refractivity (Wildman–Crippen MR) is 122 cm³/mol. The first-order valence-electron chi connectivity index (χ1n) is 12.3. The molecule has 0 aromatic carbocycles. The van der Waals surface area contributed by atoms with Crippen LogP contribution in [0.1, 0.15) is 69.3 Å². The van der Waals surface area contributed by atoms with E-state index in [1.807, 2.05) is 0 Å². The highest BCUT2D eigenvalue weighted by Crippen LogP contribution is 2.34. The molecule has 2 unspecified atom stereocenters. The fourth-order valence-electron chi connectivity index (χ4n) is 5.73. The third-order valence-corrected chi connectivity index (χ3v) is 7.52. The molecule has 2 N–H and O–H groups in total. The number of aromatic hydroxyl groups is 2. The Labute approximate surface area is 194 Å². The maximum Gasteiger partial charge on any atom is 0.434 e. The summed E-state index contributed by atoms with van der Waals surface area (Å²) in [4.78, 5) is 21.9. The Hall–Kier alpha value is -2.68. The summed E-state index contributed by atoms with van der Waals surface area (Å²) in [5.74, 6) is 0.619. The lowest BCUT2D eigenvalue weighted by atomic mass is 9.95. The van der Waals surface area contributed by atoms with Gasteiger partial charge in [-0.2, -0.15) is 5.10 Å². The number of aromatic nitrogens is 3. The molecule has 2 atom stereocenters. The first-order valence-corrected chi connectivity index (χ1v) is 12.3. The molecule has 9 heteroatoms. The van der Waals surface area contributed by atoms with E-state index in [0.717, 1.165) is 24.4 Å². The minimum absolute atomic E-state index is 0.304. The number of likely N-dealkylation sites (tertiary alicyclic amines) is 2.